The Morgan fingerprint density at radius 2 is 2.00 bits per heavy atom. The molecule has 6 nitrogen and oxygen atoms in total. The molecule has 0 saturated heterocycles. The summed E-state index contributed by atoms with van der Waals surface area (Å²) in [6.07, 6.45) is -0.950. The Balaban J connectivity index is 2.72. The van der Waals surface area contributed by atoms with Gasteiger partial charge in [-0.15, -0.1) is 0 Å². The lowest BCUT2D eigenvalue weighted by Gasteiger charge is -2.21. The van der Waals surface area contributed by atoms with E-state index in [1.165, 1.54) is 6.08 Å². The molecule has 1 rings (SSSR count). The standard InChI is InChI=1S/C14H17NO5/c1-2-8-20-14(19)15-11(12(16)13(17)18)9-10-6-4-3-5-7-10/h2-7,11-12,16H,1,8-9H2,(H,15,19)(H,17,18)/t11-,12+/m1/s1. The molecule has 0 fully saturated rings. The third-order valence-electron chi connectivity index (χ3n) is 2.57. The first-order chi connectivity index (χ1) is 9.54. The highest BCUT2D eigenvalue weighted by Gasteiger charge is 2.27. The lowest BCUT2D eigenvalue weighted by atomic mass is 10.0. The topological polar surface area (TPSA) is 95.9 Å². The average Bonchev–Trinajstić information content (AvgIpc) is 2.44. The highest BCUT2D eigenvalue weighted by atomic mass is 16.5. The second kappa shape index (κ2) is 7.96. The highest BCUT2D eigenvalue weighted by Crippen LogP contribution is 2.07. The van der Waals surface area contributed by atoms with E-state index in [1.807, 2.05) is 6.07 Å². The van der Waals surface area contributed by atoms with Gasteiger partial charge >= 0.3 is 12.1 Å². The van der Waals surface area contributed by atoms with Gasteiger partial charge in [-0.1, -0.05) is 43.0 Å². The van der Waals surface area contributed by atoms with Crippen LogP contribution in [0.25, 0.3) is 0 Å². The molecule has 0 aliphatic heterocycles. The molecule has 0 unspecified atom stereocenters. The number of carboxylic acid groups (broad SMARTS) is 1. The average molecular weight is 279 g/mol. The third-order valence-corrected chi connectivity index (χ3v) is 2.57. The second-order valence-electron chi connectivity index (χ2n) is 4.11. The molecule has 0 aliphatic rings. The van der Waals surface area contributed by atoms with E-state index in [-0.39, 0.29) is 13.0 Å². The molecule has 0 aromatic heterocycles. The van der Waals surface area contributed by atoms with Crippen LogP contribution in [-0.2, 0) is 16.0 Å². The van der Waals surface area contributed by atoms with Crippen LogP contribution in [0.4, 0.5) is 4.79 Å². The van der Waals surface area contributed by atoms with Crippen molar-refractivity contribution in [3.8, 4) is 0 Å². The molecule has 1 aromatic carbocycles. The van der Waals surface area contributed by atoms with E-state index >= 15 is 0 Å². The number of hydrogen-bond acceptors (Lipinski definition) is 4. The van der Waals surface area contributed by atoms with E-state index in [0.717, 1.165) is 5.56 Å². The van der Waals surface area contributed by atoms with Gasteiger partial charge < -0.3 is 20.3 Å². The minimum atomic E-state index is -1.72. The summed E-state index contributed by atoms with van der Waals surface area (Å²) in [6, 6.07) is 7.96. The molecule has 0 radical (unpaired) electrons. The predicted octanol–water partition coefficient (Wildman–Crippen LogP) is 0.955. The van der Waals surface area contributed by atoms with Gasteiger partial charge in [0.15, 0.2) is 6.10 Å². The fourth-order valence-corrected chi connectivity index (χ4v) is 1.61. The Kier molecular flexibility index (Phi) is 6.25. The first-order valence-corrected chi connectivity index (χ1v) is 6.03. The lowest BCUT2D eigenvalue weighted by Crippen LogP contribution is -2.48. The number of carbonyl (C=O) groups excluding carboxylic acids is 1. The number of alkyl carbamates (subject to hydrolysis) is 1. The first-order valence-electron chi connectivity index (χ1n) is 6.03. The molecule has 108 valence electrons. The Labute approximate surface area is 116 Å². The van der Waals surface area contributed by atoms with E-state index in [4.69, 9.17) is 9.84 Å². The quantitative estimate of drug-likeness (QED) is 0.646. The van der Waals surface area contributed by atoms with Crippen LogP contribution in [0.5, 0.6) is 0 Å². The Hall–Kier alpha value is -2.34. The summed E-state index contributed by atoms with van der Waals surface area (Å²) in [6.45, 7) is 3.40. The van der Waals surface area contributed by atoms with Crippen molar-refractivity contribution in [3.05, 3.63) is 48.6 Å². The van der Waals surface area contributed by atoms with Crippen LogP contribution in [-0.4, -0.2) is 41.0 Å². The zero-order valence-corrected chi connectivity index (χ0v) is 10.9. The summed E-state index contributed by atoms with van der Waals surface area (Å²) < 4.78 is 4.72. The van der Waals surface area contributed by atoms with Gasteiger partial charge in [-0.25, -0.2) is 9.59 Å². The molecule has 0 bridgehead atoms. The largest absolute Gasteiger partial charge is 0.479 e. The van der Waals surface area contributed by atoms with E-state index < -0.39 is 24.2 Å². The summed E-state index contributed by atoms with van der Waals surface area (Å²) in [7, 11) is 0. The Morgan fingerprint density at radius 3 is 2.55 bits per heavy atom. The SMILES string of the molecule is C=CCOC(=O)N[C@H](Cc1ccccc1)[C@H](O)C(=O)O. The Morgan fingerprint density at radius 1 is 1.35 bits per heavy atom. The molecule has 6 heteroatoms. The maximum Gasteiger partial charge on any atom is 0.407 e. The molecule has 1 aromatic rings. The van der Waals surface area contributed by atoms with E-state index in [2.05, 4.69) is 11.9 Å². The van der Waals surface area contributed by atoms with Gasteiger partial charge in [0.05, 0.1) is 6.04 Å². The maximum absolute atomic E-state index is 11.4. The van der Waals surface area contributed by atoms with Gasteiger partial charge in [0, 0.05) is 0 Å². The van der Waals surface area contributed by atoms with Gasteiger partial charge in [0.25, 0.3) is 0 Å². The number of nitrogens with one attached hydrogen (secondary N) is 1. The molecule has 0 spiro atoms. The number of carbonyl (C=O) groups is 2. The number of aliphatic carboxylic acids is 1. The molecular weight excluding hydrogens is 262 g/mol. The first kappa shape index (κ1) is 15.7. The maximum atomic E-state index is 11.4. The van der Waals surface area contributed by atoms with Crippen molar-refractivity contribution in [1.82, 2.24) is 5.32 Å². The molecule has 3 N–H and O–H groups in total. The van der Waals surface area contributed by atoms with E-state index in [1.54, 1.807) is 24.3 Å². The molecule has 2 atom stereocenters. The second-order valence-corrected chi connectivity index (χ2v) is 4.11. The number of hydrogen-bond donors (Lipinski definition) is 3. The van der Waals surface area contributed by atoms with Crippen molar-refractivity contribution >= 4 is 12.1 Å². The minimum Gasteiger partial charge on any atom is -0.479 e. The summed E-state index contributed by atoms with van der Waals surface area (Å²) in [5.74, 6) is -1.41. The molecule has 0 saturated carbocycles. The van der Waals surface area contributed by atoms with Crippen molar-refractivity contribution in [2.24, 2.45) is 0 Å². The monoisotopic (exact) mass is 279 g/mol. The van der Waals surface area contributed by atoms with Crippen LogP contribution in [0, 0.1) is 0 Å². The number of amides is 1. The van der Waals surface area contributed by atoms with Crippen LogP contribution >= 0.6 is 0 Å². The molecular formula is C14H17NO5. The number of rotatable bonds is 7. The molecule has 0 aliphatic carbocycles. The number of ether oxygens (including phenoxy) is 1. The van der Waals surface area contributed by atoms with Crippen molar-refractivity contribution in [1.29, 1.82) is 0 Å². The fourth-order valence-electron chi connectivity index (χ4n) is 1.61. The van der Waals surface area contributed by atoms with Gasteiger partial charge in [-0.05, 0) is 12.0 Å². The Bertz CT molecular complexity index is 460. The molecule has 1 amide bonds. The predicted molar refractivity (Wildman–Crippen MR) is 72.3 cm³/mol. The number of aliphatic hydroxyl groups is 1. The third kappa shape index (κ3) is 5.11. The summed E-state index contributed by atoms with van der Waals surface area (Å²) >= 11 is 0. The summed E-state index contributed by atoms with van der Waals surface area (Å²) in [5.41, 5.74) is 0.793. The zero-order chi connectivity index (χ0) is 15.0. The highest BCUT2D eigenvalue weighted by molar-refractivity contribution is 5.75. The van der Waals surface area contributed by atoms with Crippen LogP contribution in [0.2, 0.25) is 0 Å². The van der Waals surface area contributed by atoms with Crippen molar-refractivity contribution in [2.45, 2.75) is 18.6 Å². The van der Waals surface area contributed by atoms with E-state index in [9.17, 15) is 14.7 Å². The molecule has 20 heavy (non-hydrogen) atoms. The van der Waals surface area contributed by atoms with Crippen molar-refractivity contribution < 1.29 is 24.5 Å². The summed E-state index contributed by atoms with van der Waals surface area (Å²) in [5, 5.41) is 20.8. The van der Waals surface area contributed by atoms with Gasteiger partial charge in [-0.2, -0.15) is 0 Å². The minimum absolute atomic E-state index is 0.00700. The van der Waals surface area contributed by atoms with E-state index in [0.29, 0.717) is 0 Å². The van der Waals surface area contributed by atoms with Crippen LogP contribution in [0.15, 0.2) is 43.0 Å². The lowest BCUT2D eigenvalue weighted by molar-refractivity contribution is -0.148. The summed E-state index contributed by atoms with van der Waals surface area (Å²) in [4.78, 5) is 22.3. The van der Waals surface area contributed by atoms with Gasteiger partial charge in [0.1, 0.15) is 6.61 Å². The van der Waals surface area contributed by atoms with Crippen molar-refractivity contribution in [2.75, 3.05) is 6.61 Å². The number of carboxylic acids is 1. The van der Waals surface area contributed by atoms with Gasteiger partial charge in [0.2, 0.25) is 0 Å². The number of aliphatic hydroxyl groups excluding tert-OH is 1. The van der Waals surface area contributed by atoms with Gasteiger partial charge in [-0.3, -0.25) is 0 Å². The van der Waals surface area contributed by atoms with Crippen LogP contribution in [0.1, 0.15) is 5.56 Å². The van der Waals surface area contributed by atoms with Crippen LogP contribution in [0.3, 0.4) is 0 Å². The smallest absolute Gasteiger partial charge is 0.407 e. The van der Waals surface area contributed by atoms with Crippen LogP contribution < -0.4 is 5.32 Å². The zero-order valence-electron chi connectivity index (χ0n) is 10.9. The molecule has 0 heterocycles. The fraction of sp³-hybridized carbons (Fsp3) is 0.286. The number of benzene rings is 1. The normalized spacial score (nSPS) is 13.1. The van der Waals surface area contributed by atoms with Crippen molar-refractivity contribution in [3.63, 3.8) is 0 Å².